The molecule has 112 valence electrons. The summed E-state index contributed by atoms with van der Waals surface area (Å²) in [5.74, 6) is 1.03. The minimum Gasteiger partial charge on any atom is -0.377 e. The van der Waals surface area contributed by atoms with E-state index in [1.165, 1.54) is 5.56 Å². The van der Waals surface area contributed by atoms with E-state index in [0.717, 1.165) is 29.1 Å². The third kappa shape index (κ3) is 3.97. The maximum Gasteiger partial charge on any atom is 0.128 e. The lowest BCUT2D eigenvalue weighted by molar-refractivity contribution is 0.843. The first-order valence-electron chi connectivity index (χ1n) is 7.37. The molecule has 0 spiro atoms. The Morgan fingerprint density at radius 2 is 1.86 bits per heavy atom. The van der Waals surface area contributed by atoms with Crippen molar-refractivity contribution >= 4 is 27.4 Å². The third-order valence-electron chi connectivity index (χ3n) is 3.59. The molecule has 2 aromatic rings. The molecule has 1 heterocycles. The van der Waals surface area contributed by atoms with Crippen LogP contribution in [0.3, 0.4) is 0 Å². The number of benzene rings is 1. The Balaban J connectivity index is 2.08. The van der Waals surface area contributed by atoms with E-state index in [1.807, 2.05) is 12.3 Å². The van der Waals surface area contributed by atoms with Crippen LogP contribution in [0.25, 0.3) is 0 Å². The Bertz CT molecular complexity index is 565. The molecule has 0 radical (unpaired) electrons. The molecule has 1 aromatic heterocycles. The Morgan fingerprint density at radius 3 is 2.43 bits per heavy atom. The zero-order valence-electron chi connectivity index (χ0n) is 12.8. The lowest BCUT2D eigenvalue weighted by atomic mass is 10.1. The lowest BCUT2D eigenvalue weighted by Crippen LogP contribution is -2.22. The minimum atomic E-state index is 0.224. The van der Waals surface area contributed by atoms with Gasteiger partial charge in [-0.15, -0.1) is 0 Å². The predicted octanol–water partition coefficient (Wildman–Crippen LogP) is 4.86. The van der Waals surface area contributed by atoms with Gasteiger partial charge in [0.15, 0.2) is 0 Å². The number of aromatic nitrogens is 1. The number of hydrogen-bond donors (Lipinski definition) is 1. The number of hydrogen-bond acceptors (Lipinski definition) is 3. The number of nitrogens with zero attached hydrogens (tertiary/aromatic N) is 2. The molecule has 2 rings (SSSR count). The van der Waals surface area contributed by atoms with E-state index in [2.05, 4.69) is 82.2 Å². The molecule has 0 aliphatic carbocycles. The second-order valence-corrected chi connectivity index (χ2v) is 5.82. The summed E-state index contributed by atoms with van der Waals surface area (Å²) in [5, 5.41) is 3.49. The van der Waals surface area contributed by atoms with Crippen LogP contribution in [0.1, 0.15) is 32.4 Å². The van der Waals surface area contributed by atoms with Gasteiger partial charge in [0, 0.05) is 23.6 Å². The van der Waals surface area contributed by atoms with Gasteiger partial charge in [-0.3, -0.25) is 0 Å². The van der Waals surface area contributed by atoms with Crippen molar-refractivity contribution in [2.75, 3.05) is 23.3 Å². The highest BCUT2D eigenvalue weighted by Gasteiger charge is 2.09. The molecule has 0 saturated heterocycles. The van der Waals surface area contributed by atoms with Gasteiger partial charge in [0.1, 0.15) is 5.82 Å². The summed E-state index contributed by atoms with van der Waals surface area (Å²) in [4.78, 5) is 6.78. The van der Waals surface area contributed by atoms with Crippen molar-refractivity contribution in [3.63, 3.8) is 0 Å². The second kappa shape index (κ2) is 7.46. The quantitative estimate of drug-likeness (QED) is 0.808. The maximum atomic E-state index is 4.54. The number of rotatable bonds is 6. The molecule has 0 bridgehead atoms. The van der Waals surface area contributed by atoms with Gasteiger partial charge in [0.05, 0.1) is 11.9 Å². The van der Waals surface area contributed by atoms with Gasteiger partial charge < -0.3 is 10.2 Å². The van der Waals surface area contributed by atoms with Gasteiger partial charge in [-0.1, -0.05) is 34.1 Å². The molecule has 1 unspecified atom stereocenters. The molecule has 1 N–H and O–H groups in total. The average molecular weight is 348 g/mol. The molecule has 4 heteroatoms. The van der Waals surface area contributed by atoms with Crippen LogP contribution in [0, 0.1) is 0 Å². The smallest absolute Gasteiger partial charge is 0.128 e. The van der Waals surface area contributed by atoms with Crippen molar-refractivity contribution in [3.8, 4) is 0 Å². The van der Waals surface area contributed by atoms with Crippen molar-refractivity contribution in [1.29, 1.82) is 0 Å². The summed E-state index contributed by atoms with van der Waals surface area (Å²) in [5.41, 5.74) is 2.28. The molecule has 1 aromatic carbocycles. The lowest BCUT2D eigenvalue weighted by Gasteiger charge is -2.21. The number of anilines is 2. The van der Waals surface area contributed by atoms with Crippen LogP contribution in [0.15, 0.2) is 47.1 Å². The van der Waals surface area contributed by atoms with E-state index in [4.69, 9.17) is 0 Å². The van der Waals surface area contributed by atoms with Crippen LogP contribution in [-0.2, 0) is 0 Å². The fraction of sp³-hybridized carbons (Fsp3) is 0.353. The van der Waals surface area contributed by atoms with Gasteiger partial charge >= 0.3 is 0 Å². The van der Waals surface area contributed by atoms with E-state index in [1.54, 1.807) is 0 Å². The van der Waals surface area contributed by atoms with Crippen LogP contribution in [0.2, 0.25) is 0 Å². The Labute approximate surface area is 135 Å². The zero-order valence-corrected chi connectivity index (χ0v) is 14.4. The molecular formula is C17H22BrN3. The molecule has 0 fully saturated rings. The highest BCUT2D eigenvalue weighted by atomic mass is 79.9. The summed E-state index contributed by atoms with van der Waals surface area (Å²) in [7, 11) is 0. The fourth-order valence-electron chi connectivity index (χ4n) is 2.36. The summed E-state index contributed by atoms with van der Waals surface area (Å²) in [6.45, 7) is 8.39. The van der Waals surface area contributed by atoms with Crippen LogP contribution < -0.4 is 10.2 Å². The van der Waals surface area contributed by atoms with E-state index < -0.39 is 0 Å². The van der Waals surface area contributed by atoms with Crippen molar-refractivity contribution < 1.29 is 0 Å². The van der Waals surface area contributed by atoms with E-state index in [0.29, 0.717) is 0 Å². The van der Waals surface area contributed by atoms with Gasteiger partial charge in [0.2, 0.25) is 0 Å². The standard InChI is InChI=1S/C17H22BrN3/c1-4-21(5-2)17-11-10-14(12-19-17)20-13(3)15-8-6-7-9-16(15)18/h6-13,20H,4-5H2,1-3H3. The van der Waals surface area contributed by atoms with Crippen LogP contribution in [0.4, 0.5) is 11.5 Å². The van der Waals surface area contributed by atoms with E-state index in [-0.39, 0.29) is 6.04 Å². The third-order valence-corrected chi connectivity index (χ3v) is 4.31. The Kier molecular flexibility index (Phi) is 5.62. The Morgan fingerprint density at radius 1 is 1.14 bits per heavy atom. The van der Waals surface area contributed by atoms with Gasteiger partial charge in [0.25, 0.3) is 0 Å². The number of halogens is 1. The van der Waals surface area contributed by atoms with E-state index >= 15 is 0 Å². The molecule has 1 atom stereocenters. The highest BCUT2D eigenvalue weighted by Crippen LogP contribution is 2.26. The SMILES string of the molecule is CCN(CC)c1ccc(NC(C)c2ccccc2Br)cn1. The first kappa shape index (κ1) is 15.8. The molecule has 0 amide bonds. The molecule has 3 nitrogen and oxygen atoms in total. The molecule has 0 saturated carbocycles. The number of nitrogens with one attached hydrogen (secondary N) is 1. The van der Waals surface area contributed by atoms with Crippen molar-refractivity contribution in [2.24, 2.45) is 0 Å². The van der Waals surface area contributed by atoms with Crippen molar-refractivity contribution in [1.82, 2.24) is 4.98 Å². The van der Waals surface area contributed by atoms with Crippen LogP contribution in [-0.4, -0.2) is 18.1 Å². The summed E-state index contributed by atoms with van der Waals surface area (Å²) >= 11 is 3.60. The first-order chi connectivity index (χ1) is 10.2. The maximum absolute atomic E-state index is 4.54. The molecular weight excluding hydrogens is 326 g/mol. The van der Waals surface area contributed by atoms with Gasteiger partial charge in [-0.25, -0.2) is 4.98 Å². The minimum absolute atomic E-state index is 0.224. The van der Waals surface area contributed by atoms with Crippen LogP contribution in [0.5, 0.6) is 0 Å². The normalized spacial score (nSPS) is 12.0. The fourth-order valence-corrected chi connectivity index (χ4v) is 2.99. The predicted molar refractivity (Wildman–Crippen MR) is 94.0 cm³/mol. The average Bonchev–Trinajstić information content (AvgIpc) is 2.50. The second-order valence-electron chi connectivity index (χ2n) is 4.96. The zero-order chi connectivity index (χ0) is 15.2. The Hall–Kier alpha value is -1.55. The summed E-state index contributed by atoms with van der Waals surface area (Å²) < 4.78 is 1.12. The largest absolute Gasteiger partial charge is 0.377 e. The molecule has 21 heavy (non-hydrogen) atoms. The number of pyridine rings is 1. The van der Waals surface area contributed by atoms with Crippen LogP contribution >= 0.6 is 15.9 Å². The summed E-state index contributed by atoms with van der Waals surface area (Å²) in [6.07, 6.45) is 1.90. The summed E-state index contributed by atoms with van der Waals surface area (Å²) in [6, 6.07) is 12.7. The highest BCUT2D eigenvalue weighted by molar-refractivity contribution is 9.10. The molecule has 0 aliphatic rings. The van der Waals surface area contributed by atoms with E-state index in [9.17, 15) is 0 Å². The first-order valence-corrected chi connectivity index (χ1v) is 8.17. The van der Waals surface area contributed by atoms with Crippen molar-refractivity contribution in [3.05, 3.63) is 52.6 Å². The molecule has 0 aliphatic heterocycles. The van der Waals surface area contributed by atoms with Gasteiger partial charge in [-0.2, -0.15) is 0 Å². The van der Waals surface area contributed by atoms with Gasteiger partial charge in [-0.05, 0) is 44.5 Å². The topological polar surface area (TPSA) is 28.2 Å². The monoisotopic (exact) mass is 347 g/mol. The van der Waals surface area contributed by atoms with Crippen molar-refractivity contribution in [2.45, 2.75) is 26.8 Å².